The topological polar surface area (TPSA) is 168 Å². The predicted molar refractivity (Wildman–Crippen MR) is 74.2 cm³/mol. The van der Waals surface area contributed by atoms with E-state index in [0.717, 1.165) is 23.0 Å². The Bertz CT molecular complexity index is 354. The Kier molecular flexibility index (Phi) is 10.2. The Morgan fingerprint density at radius 1 is 0.652 bits per heavy atom. The van der Waals surface area contributed by atoms with Crippen LogP contribution in [-0.2, 0) is 23.9 Å². The van der Waals surface area contributed by atoms with Gasteiger partial charge >= 0.3 is 23.9 Å². The normalized spacial score (nSPS) is 12.4. The Morgan fingerprint density at radius 3 is 1.00 bits per heavy atom. The standard InChI is InChI=1S/C10H16N2O8.C2H4O/c13-7(14)3-11(4-8(15)16)1-2-12(5-9(17)18)6-10(19)20;1-2-3-1/h1-6H2,(H,13,14)(H,15,16)(H,17,18)(H,19,20);1-2H2. The van der Waals surface area contributed by atoms with Crippen LogP contribution in [0.4, 0.5) is 0 Å². The molecule has 132 valence electrons. The largest absolute Gasteiger partial charge is 0.480 e. The van der Waals surface area contributed by atoms with Gasteiger partial charge in [0.25, 0.3) is 0 Å². The van der Waals surface area contributed by atoms with Crippen molar-refractivity contribution in [2.75, 3.05) is 52.5 Å². The zero-order chi connectivity index (χ0) is 17.8. The minimum Gasteiger partial charge on any atom is -0.480 e. The summed E-state index contributed by atoms with van der Waals surface area (Å²) in [6, 6.07) is 0. The lowest BCUT2D eigenvalue weighted by atomic mass is 10.4. The first kappa shape index (κ1) is 20.8. The molecule has 0 aromatic carbocycles. The van der Waals surface area contributed by atoms with E-state index in [9.17, 15) is 19.2 Å². The molecule has 0 bridgehead atoms. The van der Waals surface area contributed by atoms with Gasteiger partial charge in [-0.1, -0.05) is 0 Å². The van der Waals surface area contributed by atoms with Gasteiger partial charge in [-0.15, -0.1) is 0 Å². The summed E-state index contributed by atoms with van der Waals surface area (Å²) in [6.07, 6.45) is 0. The second-order valence-electron chi connectivity index (χ2n) is 4.61. The number of aliphatic carboxylic acids is 4. The van der Waals surface area contributed by atoms with Gasteiger partial charge in [-0.2, -0.15) is 0 Å². The molecule has 0 unspecified atom stereocenters. The molecule has 23 heavy (non-hydrogen) atoms. The van der Waals surface area contributed by atoms with E-state index < -0.39 is 50.1 Å². The zero-order valence-electron chi connectivity index (χ0n) is 12.4. The zero-order valence-corrected chi connectivity index (χ0v) is 12.4. The molecule has 0 aliphatic carbocycles. The average Bonchev–Trinajstić information content (AvgIpc) is 3.20. The van der Waals surface area contributed by atoms with Gasteiger partial charge in [0, 0.05) is 13.1 Å². The molecule has 0 aromatic heterocycles. The highest BCUT2D eigenvalue weighted by Gasteiger charge is 2.17. The van der Waals surface area contributed by atoms with Crippen molar-refractivity contribution in [1.29, 1.82) is 0 Å². The Balaban J connectivity index is 0.00000143. The number of epoxide rings is 1. The molecule has 1 aliphatic heterocycles. The van der Waals surface area contributed by atoms with E-state index in [1.54, 1.807) is 0 Å². The van der Waals surface area contributed by atoms with Crippen molar-refractivity contribution >= 4 is 23.9 Å². The number of carboxylic acid groups (broad SMARTS) is 4. The highest BCUT2D eigenvalue weighted by molar-refractivity contribution is 5.73. The van der Waals surface area contributed by atoms with Crippen LogP contribution in [0.1, 0.15) is 0 Å². The maximum absolute atomic E-state index is 10.6. The first-order chi connectivity index (χ1) is 10.7. The number of carbonyl (C=O) groups is 4. The van der Waals surface area contributed by atoms with E-state index in [4.69, 9.17) is 20.4 Å². The van der Waals surface area contributed by atoms with E-state index in [1.807, 2.05) is 0 Å². The summed E-state index contributed by atoms with van der Waals surface area (Å²) < 4.78 is 4.50. The number of hydrogen-bond acceptors (Lipinski definition) is 7. The van der Waals surface area contributed by atoms with Crippen molar-refractivity contribution in [2.45, 2.75) is 0 Å². The van der Waals surface area contributed by atoms with Gasteiger partial charge in [-0.3, -0.25) is 29.0 Å². The summed E-state index contributed by atoms with van der Waals surface area (Å²) in [4.78, 5) is 44.4. The molecule has 1 fully saturated rings. The van der Waals surface area contributed by atoms with E-state index in [2.05, 4.69) is 4.74 Å². The van der Waals surface area contributed by atoms with Gasteiger partial charge in [0.15, 0.2) is 0 Å². The van der Waals surface area contributed by atoms with Crippen LogP contribution in [0.3, 0.4) is 0 Å². The molecule has 11 heteroatoms. The molecule has 1 saturated heterocycles. The molecule has 0 saturated carbocycles. The first-order valence-corrected chi connectivity index (χ1v) is 6.60. The lowest BCUT2D eigenvalue weighted by Gasteiger charge is -2.23. The quantitative estimate of drug-likeness (QED) is 0.306. The first-order valence-electron chi connectivity index (χ1n) is 6.60. The Hall–Kier alpha value is -2.24. The van der Waals surface area contributed by atoms with E-state index in [0.29, 0.717) is 0 Å². The van der Waals surface area contributed by atoms with Crippen LogP contribution in [0.2, 0.25) is 0 Å². The summed E-state index contributed by atoms with van der Waals surface area (Å²) in [5.41, 5.74) is 0. The molecule has 1 aliphatic rings. The third kappa shape index (κ3) is 16.0. The van der Waals surface area contributed by atoms with Gasteiger partial charge in [0.05, 0.1) is 39.4 Å². The van der Waals surface area contributed by atoms with Crippen LogP contribution in [0.5, 0.6) is 0 Å². The number of hydrogen-bond donors (Lipinski definition) is 4. The Labute approximate surface area is 131 Å². The second-order valence-corrected chi connectivity index (χ2v) is 4.61. The van der Waals surface area contributed by atoms with Crippen LogP contribution in [0, 0.1) is 0 Å². The van der Waals surface area contributed by atoms with Crippen molar-refractivity contribution in [3.05, 3.63) is 0 Å². The molecular weight excluding hydrogens is 316 g/mol. The summed E-state index contributed by atoms with van der Waals surface area (Å²) in [7, 11) is 0. The van der Waals surface area contributed by atoms with Crippen LogP contribution in [-0.4, -0.2) is 107 Å². The third-order valence-electron chi connectivity index (χ3n) is 2.37. The molecule has 0 spiro atoms. The molecule has 0 aromatic rings. The maximum atomic E-state index is 10.6. The van der Waals surface area contributed by atoms with Crippen molar-refractivity contribution in [3.63, 3.8) is 0 Å². The van der Waals surface area contributed by atoms with Crippen LogP contribution < -0.4 is 0 Å². The van der Waals surface area contributed by atoms with Gasteiger partial charge < -0.3 is 25.2 Å². The lowest BCUT2D eigenvalue weighted by Crippen LogP contribution is -2.43. The minimum atomic E-state index is -1.23. The lowest BCUT2D eigenvalue weighted by molar-refractivity contribution is -0.145. The van der Waals surface area contributed by atoms with Gasteiger partial charge in [0.2, 0.25) is 0 Å². The SMILES string of the molecule is C1CO1.O=C(O)CN(CCN(CC(=O)O)CC(=O)O)CC(=O)O. The number of nitrogens with zero attached hydrogens (tertiary/aromatic N) is 2. The number of carboxylic acids is 4. The molecule has 0 radical (unpaired) electrons. The molecule has 1 heterocycles. The van der Waals surface area contributed by atoms with Crippen molar-refractivity contribution < 1.29 is 44.3 Å². The summed E-state index contributed by atoms with van der Waals surface area (Å²) >= 11 is 0. The van der Waals surface area contributed by atoms with Crippen LogP contribution in [0.15, 0.2) is 0 Å². The average molecular weight is 336 g/mol. The fraction of sp³-hybridized carbons (Fsp3) is 0.667. The molecule has 0 amide bonds. The fourth-order valence-corrected chi connectivity index (χ4v) is 1.48. The van der Waals surface area contributed by atoms with Crippen LogP contribution in [0.25, 0.3) is 0 Å². The smallest absolute Gasteiger partial charge is 0.317 e. The van der Waals surface area contributed by atoms with Crippen molar-refractivity contribution in [1.82, 2.24) is 9.80 Å². The summed E-state index contributed by atoms with van der Waals surface area (Å²) in [6.45, 7) is -0.251. The van der Waals surface area contributed by atoms with E-state index >= 15 is 0 Å². The number of rotatable bonds is 11. The monoisotopic (exact) mass is 336 g/mol. The van der Waals surface area contributed by atoms with Crippen molar-refractivity contribution in [3.8, 4) is 0 Å². The number of ether oxygens (including phenoxy) is 1. The highest BCUT2D eigenvalue weighted by Crippen LogP contribution is 1.94. The third-order valence-corrected chi connectivity index (χ3v) is 2.37. The van der Waals surface area contributed by atoms with E-state index in [1.165, 1.54) is 0 Å². The molecule has 11 nitrogen and oxygen atoms in total. The molecule has 1 rings (SSSR count). The Morgan fingerprint density at radius 2 is 0.870 bits per heavy atom. The minimum absolute atomic E-state index is 0.0703. The summed E-state index contributed by atoms with van der Waals surface area (Å²) in [5, 5.41) is 34.5. The second kappa shape index (κ2) is 11.3. The van der Waals surface area contributed by atoms with Gasteiger partial charge in [-0.25, -0.2) is 0 Å². The highest BCUT2D eigenvalue weighted by atomic mass is 16.6. The van der Waals surface area contributed by atoms with E-state index in [-0.39, 0.29) is 13.1 Å². The fourth-order valence-electron chi connectivity index (χ4n) is 1.48. The molecular formula is C12H20N2O9. The molecule has 0 atom stereocenters. The maximum Gasteiger partial charge on any atom is 0.317 e. The van der Waals surface area contributed by atoms with Crippen LogP contribution >= 0.6 is 0 Å². The van der Waals surface area contributed by atoms with Crippen molar-refractivity contribution in [2.24, 2.45) is 0 Å². The predicted octanol–water partition coefficient (Wildman–Crippen LogP) is -2.05. The molecule has 4 N–H and O–H groups in total. The van der Waals surface area contributed by atoms with Gasteiger partial charge in [-0.05, 0) is 0 Å². The summed E-state index contributed by atoms with van der Waals surface area (Å²) in [5.74, 6) is -4.91. The van der Waals surface area contributed by atoms with Gasteiger partial charge in [0.1, 0.15) is 0 Å².